The molecule has 3 rings (SSSR count). The second kappa shape index (κ2) is 5.77. The zero-order valence-electron chi connectivity index (χ0n) is 11.6. The number of aromatic carboxylic acids is 1. The molecule has 6 heteroatoms. The summed E-state index contributed by atoms with van der Waals surface area (Å²) in [7, 11) is 0. The number of hydrogen-bond acceptors (Lipinski definition) is 4. The van der Waals surface area contributed by atoms with E-state index in [0.29, 0.717) is 16.8 Å². The van der Waals surface area contributed by atoms with Crippen LogP contribution >= 0.6 is 11.3 Å². The average Bonchev–Trinajstić information content (AvgIpc) is 2.85. The standard InChI is InChI=1S/C15H19NO4S/c17-12-4-8-1-9(5-12)3-10(2-8)14(18)16-13-6-11(7-21-13)15(19)20/h6-10,12,17H,1-5H2,(H,16,18)(H,19,20)/t8-,9+,10?,12?. The minimum atomic E-state index is -0.979. The molecule has 3 N–H and O–H groups in total. The Bertz CT molecular complexity index is 538. The molecule has 2 bridgehead atoms. The van der Waals surface area contributed by atoms with E-state index in [4.69, 9.17) is 5.11 Å². The number of carboxylic acids is 1. The van der Waals surface area contributed by atoms with E-state index in [1.165, 1.54) is 22.8 Å². The number of aliphatic hydroxyl groups excluding tert-OH is 1. The van der Waals surface area contributed by atoms with Crippen molar-refractivity contribution in [2.75, 3.05) is 5.32 Å². The summed E-state index contributed by atoms with van der Waals surface area (Å²) in [5.41, 5.74) is 0.207. The second-order valence-corrected chi connectivity index (χ2v) is 7.17. The van der Waals surface area contributed by atoms with Gasteiger partial charge in [-0.05, 0) is 50.0 Å². The van der Waals surface area contributed by atoms with Gasteiger partial charge in [0.2, 0.25) is 5.91 Å². The van der Waals surface area contributed by atoms with Crippen LogP contribution in [0.5, 0.6) is 0 Å². The Hall–Kier alpha value is -1.40. The van der Waals surface area contributed by atoms with E-state index in [9.17, 15) is 14.7 Å². The molecular formula is C15H19NO4S. The number of thiophene rings is 1. The molecule has 0 spiro atoms. The first-order valence-corrected chi connectivity index (χ1v) is 8.20. The van der Waals surface area contributed by atoms with Crippen LogP contribution in [-0.2, 0) is 4.79 Å². The van der Waals surface area contributed by atoms with E-state index in [0.717, 1.165) is 32.1 Å². The van der Waals surface area contributed by atoms with Gasteiger partial charge in [-0.15, -0.1) is 11.3 Å². The van der Waals surface area contributed by atoms with E-state index >= 15 is 0 Å². The first kappa shape index (κ1) is 14.5. The SMILES string of the molecule is O=C(O)c1csc(NC(=O)C2C[C@H]3CC(O)C[C@@H](C2)C3)c1. The number of fused-ring (bicyclic) bond motifs is 2. The number of amides is 1. The summed E-state index contributed by atoms with van der Waals surface area (Å²) in [6, 6.07) is 1.50. The van der Waals surface area contributed by atoms with Gasteiger partial charge in [-0.1, -0.05) is 0 Å². The van der Waals surface area contributed by atoms with Crippen molar-refractivity contribution in [1.82, 2.24) is 0 Å². The number of carboxylic acid groups (broad SMARTS) is 1. The maximum absolute atomic E-state index is 12.3. The normalized spacial score (nSPS) is 31.7. The molecule has 0 aromatic carbocycles. The summed E-state index contributed by atoms with van der Waals surface area (Å²) in [4.78, 5) is 23.2. The number of carbonyl (C=O) groups is 2. The molecule has 2 saturated carbocycles. The van der Waals surface area contributed by atoms with Crippen molar-refractivity contribution >= 4 is 28.2 Å². The summed E-state index contributed by atoms with van der Waals surface area (Å²) in [5, 5.41) is 23.6. The van der Waals surface area contributed by atoms with Crippen LogP contribution in [0.1, 0.15) is 42.5 Å². The van der Waals surface area contributed by atoms with Gasteiger partial charge in [-0.3, -0.25) is 4.79 Å². The van der Waals surface area contributed by atoms with Crippen molar-refractivity contribution in [1.29, 1.82) is 0 Å². The Kier molecular flexibility index (Phi) is 3.99. The van der Waals surface area contributed by atoms with Crippen LogP contribution in [0, 0.1) is 17.8 Å². The molecule has 0 saturated heterocycles. The molecule has 0 aliphatic heterocycles. The summed E-state index contributed by atoms with van der Waals surface area (Å²) in [6.07, 6.45) is 4.20. The van der Waals surface area contributed by atoms with Crippen LogP contribution in [0.3, 0.4) is 0 Å². The number of rotatable bonds is 3. The first-order chi connectivity index (χ1) is 10.0. The highest BCUT2D eigenvalue weighted by molar-refractivity contribution is 7.14. The van der Waals surface area contributed by atoms with Gasteiger partial charge in [0.05, 0.1) is 16.7 Å². The topological polar surface area (TPSA) is 86.6 Å². The van der Waals surface area contributed by atoms with Crippen molar-refractivity contribution < 1.29 is 19.8 Å². The minimum absolute atomic E-state index is 0.0140. The third kappa shape index (κ3) is 3.27. The predicted octanol–water partition coefficient (Wildman–Crippen LogP) is 2.57. The predicted molar refractivity (Wildman–Crippen MR) is 79.5 cm³/mol. The highest BCUT2D eigenvalue weighted by atomic mass is 32.1. The van der Waals surface area contributed by atoms with E-state index in [2.05, 4.69) is 5.32 Å². The molecule has 2 unspecified atom stereocenters. The monoisotopic (exact) mass is 309 g/mol. The van der Waals surface area contributed by atoms with Crippen molar-refractivity contribution in [3.63, 3.8) is 0 Å². The summed E-state index contributed by atoms with van der Waals surface area (Å²) in [5.74, 6) is -0.119. The number of carbonyl (C=O) groups excluding carboxylic acids is 1. The molecule has 4 atom stereocenters. The largest absolute Gasteiger partial charge is 0.478 e. The number of hydrogen-bond donors (Lipinski definition) is 3. The second-order valence-electron chi connectivity index (χ2n) is 6.26. The van der Waals surface area contributed by atoms with Crippen molar-refractivity contribution in [3.8, 4) is 0 Å². The minimum Gasteiger partial charge on any atom is -0.478 e. The molecule has 1 amide bonds. The van der Waals surface area contributed by atoms with Crippen molar-refractivity contribution in [2.45, 2.75) is 38.2 Å². The highest BCUT2D eigenvalue weighted by Gasteiger charge is 2.38. The van der Waals surface area contributed by atoms with E-state index in [-0.39, 0.29) is 23.5 Å². The fourth-order valence-corrected chi connectivity index (χ4v) is 4.54. The zero-order chi connectivity index (χ0) is 15.0. The van der Waals surface area contributed by atoms with Crippen molar-refractivity contribution in [3.05, 3.63) is 17.0 Å². The molecule has 1 aromatic heterocycles. The van der Waals surface area contributed by atoms with Gasteiger partial charge in [0.25, 0.3) is 0 Å². The van der Waals surface area contributed by atoms with Gasteiger partial charge < -0.3 is 15.5 Å². The van der Waals surface area contributed by atoms with Gasteiger partial charge in [0, 0.05) is 11.3 Å². The fraction of sp³-hybridized carbons (Fsp3) is 0.600. The van der Waals surface area contributed by atoms with E-state index in [1.807, 2.05) is 0 Å². The molecule has 2 aliphatic rings. The van der Waals surface area contributed by atoms with Crippen LogP contribution in [-0.4, -0.2) is 28.2 Å². The van der Waals surface area contributed by atoms with Crippen LogP contribution in [0.15, 0.2) is 11.4 Å². The lowest BCUT2D eigenvalue weighted by molar-refractivity contribution is -0.123. The maximum Gasteiger partial charge on any atom is 0.336 e. The maximum atomic E-state index is 12.3. The number of aliphatic hydroxyl groups is 1. The van der Waals surface area contributed by atoms with Gasteiger partial charge in [0.15, 0.2) is 0 Å². The van der Waals surface area contributed by atoms with Gasteiger partial charge in [0.1, 0.15) is 0 Å². The summed E-state index contributed by atoms with van der Waals surface area (Å²) >= 11 is 1.24. The van der Waals surface area contributed by atoms with Crippen molar-refractivity contribution in [2.24, 2.45) is 17.8 Å². The third-order valence-corrected chi connectivity index (χ3v) is 5.42. The molecule has 2 fully saturated rings. The lowest BCUT2D eigenvalue weighted by atomic mass is 9.67. The lowest BCUT2D eigenvalue weighted by Crippen LogP contribution is -2.37. The van der Waals surface area contributed by atoms with E-state index < -0.39 is 5.97 Å². The average molecular weight is 309 g/mol. The zero-order valence-corrected chi connectivity index (χ0v) is 12.4. The summed E-state index contributed by atoms with van der Waals surface area (Å²) in [6.45, 7) is 0. The highest BCUT2D eigenvalue weighted by Crippen LogP contribution is 2.43. The summed E-state index contributed by atoms with van der Waals surface area (Å²) < 4.78 is 0. The molecule has 2 aliphatic carbocycles. The Labute approximate surface area is 127 Å². The Balaban J connectivity index is 1.61. The number of anilines is 1. The Morgan fingerprint density at radius 2 is 1.81 bits per heavy atom. The molecule has 21 heavy (non-hydrogen) atoms. The lowest BCUT2D eigenvalue weighted by Gasteiger charge is -2.40. The third-order valence-electron chi connectivity index (χ3n) is 4.58. The van der Waals surface area contributed by atoms with Crippen LogP contribution in [0.2, 0.25) is 0 Å². The molecule has 1 heterocycles. The Morgan fingerprint density at radius 1 is 1.14 bits per heavy atom. The fourth-order valence-electron chi connectivity index (χ4n) is 3.77. The van der Waals surface area contributed by atoms with Gasteiger partial charge in [-0.2, -0.15) is 0 Å². The molecule has 5 nitrogen and oxygen atoms in total. The van der Waals surface area contributed by atoms with Crippen LogP contribution in [0.4, 0.5) is 5.00 Å². The molecular weight excluding hydrogens is 290 g/mol. The molecule has 114 valence electrons. The first-order valence-electron chi connectivity index (χ1n) is 7.32. The van der Waals surface area contributed by atoms with Gasteiger partial charge >= 0.3 is 5.97 Å². The molecule has 0 radical (unpaired) electrons. The quantitative estimate of drug-likeness (QED) is 0.801. The smallest absolute Gasteiger partial charge is 0.336 e. The Morgan fingerprint density at radius 3 is 2.38 bits per heavy atom. The van der Waals surface area contributed by atoms with Gasteiger partial charge in [-0.25, -0.2) is 4.79 Å². The van der Waals surface area contributed by atoms with E-state index in [1.54, 1.807) is 0 Å². The number of nitrogens with one attached hydrogen (secondary N) is 1. The van der Waals surface area contributed by atoms with Crippen LogP contribution in [0.25, 0.3) is 0 Å². The van der Waals surface area contributed by atoms with Crippen LogP contribution < -0.4 is 5.32 Å². The molecule has 1 aromatic rings.